The lowest BCUT2D eigenvalue weighted by atomic mass is 10.1. The zero-order valence-electron chi connectivity index (χ0n) is 12.9. The molecule has 0 heterocycles. The van der Waals surface area contributed by atoms with E-state index >= 15 is 0 Å². The van der Waals surface area contributed by atoms with Gasteiger partial charge in [-0.1, -0.05) is 43.2 Å². The number of hydrogen-bond donors (Lipinski definition) is 1. The average molecular weight is 328 g/mol. The third kappa shape index (κ3) is 4.29. The van der Waals surface area contributed by atoms with E-state index in [9.17, 15) is 9.90 Å². The van der Waals surface area contributed by atoms with Gasteiger partial charge in [-0.3, -0.25) is 4.79 Å². The summed E-state index contributed by atoms with van der Waals surface area (Å²) in [5.74, 6) is 0.726. The van der Waals surface area contributed by atoms with E-state index in [0.29, 0.717) is 5.25 Å². The molecule has 0 spiro atoms. The molecule has 1 atom stereocenters. The SMILES string of the molecule is O=C(O)C(SC1CCCC1)c1ccc(Oc2ccccc2)cc1. The van der Waals surface area contributed by atoms with Crippen LogP contribution >= 0.6 is 11.8 Å². The third-order valence-corrected chi connectivity index (χ3v) is 5.62. The Kier molecular flexibility index (Phi) is 5.23. The molecular weight excluding hydrogens is 308 g/mol. The van der Waals surface area contributed by atoms with Crippen LogP contribution in [0.25, 0.3) is 0 Å². The first-order valence-electron chi connectivity index (χ1n) is 7.93. The van der Waals surface area contributed by atoms with Crippen LogP contribution < -0.4 is 4.74 Å². The highest BCUT2D eigenvalue weighted by atomic mass is 32.2. The Morgan fingerprint density at radius 1 is 1.00 bits per heavy atom. The van der Waals surface area contributed by atoms with Gasteiger partial charge in [0.2, 0.25) is 0 Å². The monoisotopic (exact) mass is 328 g/mol. The molecule has 1 fully saturated rings. The summed E-state index contributed by atoms with van der Waals surface area (Å²) in [4.78, 5) is 11.6. The van der Waals surface area contributed by atoms with Crippen LogP contribution in [0.1, 0.15) is 36.5 Å². The van der Waals surface area contributed by atoms with Crippen molar-refractivity contribution in [2.24, 2.45) is 0 Å². The molecule has 0 saturated heterocycles. The molecule has 4 heteroatoms. The minimum atomic E-state index is -0.765. The van der Waals surface area contributed by atoms with Crippen LogP contribution in [0, 0.1) is 0 Å². The van der Waals surface area contributed by atoms with Gasteiger partial charge in [-0.2, -0.15) is 0 Å². The number of thioether (sulfide) groups is 1. The van der Waals surface area contributed by atoms with Crippen LogP contribution in [-0.4, -0.2) is 16.3 Å². The van der Waals surface area contributed by atoms with Crippen molar-refractivity contribution < 1.29 is 14.6 Å². The molecular formula is C19H20O3S. The molecule has 0 aliphatic heterocycles. The van der Waals surface area contributed by atoms with E-state index in [-0.39, 0.29) is 0 Å². The summed E-state index contributed by atoms with van der Waals surface area (Å²) in [6, 6.07) is 17.0. The number of carbonyl (C=O) groups is 1. The largest absolute Gasteiger partial charge is 0.480 e. The van der Waals surface area contributed by atoms with Crippen LogP contribution in [0.5, 0.6) is 11.5 Å². The molecule has 120 valence electrons. The lowest BCUT2D eigenvalue weighted by Crippen LogP contribution is -2.11. The van der Waals surface area contributed by atoms with Gasteiger partial charge < -0.3 is 9.84 Å². The van der Waals surface area contributed by atoms with Crippen LogP contribution in [-0.2, 0) is 4.79 Å². The Bertz CT molecular complexity index is 633. The summed E-state index contributed by atoms with van der Waals surface area (Å²) in [7, 11) is 0. The Morgan fingerprint density at radius 3 is 2.22 bits per heavy atom. The maximum Gasteiger partial charge on any atom is 0.321 e. The number of hydrogen-bond acceptors (Lipinski definition) is 3. The second kappa shape index (κ2) is 7.55. The van der Waals surface area contributed by atoms with E-state index in [1.165, 1.54) is 12.8 Å². The van der Waals surface area contributed by atoms with Crippen molar-refractivity contribution in [1.29, 1.82) is 0 Å². The highest BCUT2D eigenvalue weighted by molar-refractivity contribution is 8.00. The van der Waals surface area contributed by atoms with Gasteiger partial charge in [0.15, 0.2) is 0 Å². The van der Waals surface area contributed by atoms with Crippen molar-refractivity contribution in [3.05, 3.63) is 60.2 Å². The first kappa shape index (κ1) is 15.9. The zero-order chi connectivity index (χ0) is 16.1. The maximum atomic E-state index is 11.6. The normalized spacial score (nSPS) is 16.2. The Morgan fingerprint density at radius 2 is 1.61 bits per heavy atom. The maximum absolute atomic E-state index is 11.6. The second-order valence-electron chi connectivity index (χ2n) is 5.74. The number of carboxylic acids is 1. The van der Waals surface area contributed by atoms with Gasteiger partial charge >= 0.3 is 5.97 Å². The van der Waals surface area contributed by atoms with Crippen LogP contribution in [0.4, 0.5) is 0 Å². The molecule has 1 unspecified atom stereocenters. The predicted octanol–water partition coefficient (Wildman–Crippen LogP) is 5.28. The predicted molar refractivity (Wildman–Crippen MR) is 93.2 cm³/mol. The molecule has 0 bridgehead atoms. The number of carboxylic acid groups (broad SMARTS) is 1. The zero-order valence-corrected chi connectivity index (χ0v) is 13.7. The number of aliphatic carboxylic acids is 1. The van der Waals surface area contributed by atoms with E-state index < -0.39 is 11.2 Å². The second-order valence-corrected chi connectivity index (χ2v) is 7.16. The van der Waals surface area contributed by atoms with Gasteiger partial charge in [-0.25, -0.2) is 0 Å². The average Bonchev–Trinajstić information content (AvgIpc) is 3.07. The topological polar surface area (TPSA) is 46.5 Å². The summed E-state index contributed by atoms with van der Waals surface area (Å²) >= 11 is 1.58. The number of rotatable bonds is 6. The quantitative estimate of drug-likeness (QED) is 0.783. The molecule has 3 rings (SSSR count). The van der Waals surface area contributed by atoms with Crippen molar-refractivity contribution in [3.8, 4) is 11.5 Å². The Balaban J connectivity index is 1.69. The van der Waals surface area contributed by atoms with Gasteiger partial charge in [-0.05, 0) is 42.7 Å². The fraction of sp³-hybridized carbons (Fsp3) is 0.316. The van der Waals surface area contributed by atoms with Crippen molar-refractivity contribution in [2.75, 3.05) is 0 Å². The van der Waals surface area contributed by atoms with Crippen LogP contribution in [0.3, 0.4) is 0 Å². The van der Waals surface area contributed by atoms with Crippen LogP contribution in [0.15, 0.2) is 54.6 Å². The summed E-state index contributed by atoms with van der Waals surface area (Å²) in [6.07, 6.45) is 4.69. The van der Waals surface area contributed by atoms with E-state index in [2.05, 4.69) is 0 Å². The molecule has 3 nitrogen and oxygen atoms in total. The molecule has 1 saturated carbocycles. The summed E-state index contributed by atoms with van der Waals surface area (Å²) in [5.41, 5.74) is 0.829. The molecule has 0 amide bonds. The molecule has 1 aliphatic carbocycles. The smallest absolute Gasteiger partial charge is 0.321 e. The van der Waals surface area contributed by atoms with Crippen molar-refractivity contribution in [2.45, 2.75) is 36.2 Å². The van der Waals surface area contributed by atoms with Gasteiger partial charge in [-0.15, -0.1) is 11.8 Å². The highest BCUT2D eigenvalue weighted by Gasteiger charge is 2.26. The first-order chi connectivity index (χ1) is 11.2. The minimum absolute atomic E-state index is 0.469. The summed E-state index contributed by atoms with van der Waals surface area (Å²) in [6.45, 7) is 0. The highest BCUT2D eigenvalue weighted by Crippen LogP contribution is 2.40. The standard InChI is InChI=1S/C19H20O3S/c20-19(21)18(23-17-8-4-5-9-17)14-10-12-16(13-11-14)22-15-6-2-1-3-7-15/h1-3,6-7,10-13,17-18H,4-5,8-9H2,(H,20,21). The molecule has 2 aromatic carbocycles. The first-order valence-corrected chi connectivity index (χ1v) is 8.88. The van der Waals surface area contributed by atoms with E-state index in [1.807, 2.05) is 54.6 Å². The number of ether oxygens (including phenoxy) is 1. The van der Waals surface area contributed by atoms with Crippen molar-refractivity contribution >= 4 is 17.7 Å². The fourth-order valence-electron chi connectivity index (χ4n) is 2.83. The van der Waals surface area contributed by atoms with E-state index in [0.717, 1.165) is 29.9 Å². The lowest BCUT2D eigenvalue weighted by Gasteiger charge is -2.17. The molecule has 0 aromatic heterocycles. The van der Waals surface area contributed by atoms with Gasteiger partial charge in [0.1, 0.15) is 16.7 Å². The van der Waals surface area contributed by atoms with Crippen molar-refractivity contribution in [1.82, 2.24) is 0 Å². The minimum Gasteiger partial charge on any atom is -0.480 e. The molecule has 23 heavy (non-hydrogen) atoms. The lowest BCUT2D eigenvalue weighted by molar-refractivity contribution is -0.136. The third-order valence-electron chi connectivity index (χ3n) is 4.02. The fourth-order valence-corrected chi connectivity index (χ4v) is 4.25. The van der Waals surface area contributed by atoms with Crippen LogP contribution in [0.2, 0.25) is 0 Å². The molecule has 2 aromatic rings. The van der Waals surface area contributed by atoms with Crippen molar-refractivity contribution in [3.63, 3.8) is 0 Å². The van der Waals surface area contributed by atoms with Gasteiger partial charge in [0.25, 0.3) is 0 Å². The Hall–Kier alpha value is -1.94. The van der Waals surface area contributed by atoms with E-state index in [1.54, 1.807) is 11.8 Å². The molecule has 1 aliphatic rings. The Labute approximate surface area is 140 Å². The van der Waals surface area contributed by atoms with E-state index in [4.69, 9.17) is 4.74 Å². The number of para-hydroxylation sites is 1. The van der Waals surface area contributed by atoms with Gasteiger partial charge in [0.05, 0.1) is 0 Å². The molecule has 0 radical (unpaired) electrons. The molecule has 1 N–H and O–H groups in total. The summed E-state index contributed by atoms with van der Waals surface area (Å²) < 4.78 is 5.75. The summed E-state index contributed by atoms with van der Waals surface area (Å²) in [5, 5.41) is 9.51. The number of benzene rings is 2. The van der Waals surface area contributed by atoms with Gasteiger partial charge in [0, 0.05) is 5.25 Å².